The van der Waals surface area contributed by atoms with Gasteiger partial charge in [0.05, 0.1) is 13.2 Å². The van der Waals surface area contributed by atoms with Gasteiger partial charge in [-0.05, 0) is 19.8 Å². The summed E-state index contributed by atoms with van der Waals surface area (Å²) in [6.45, 7) is 3.67. The summed E-state index contributed by atoms with van der Waals surface area (Å²) < 4.78 is 6.92. The molecule has 0 amide bonds. The Balaban J connectivity index is 2.10. The van der Waals surface area contributed by atoms with Crippen LogP contribution in [-0.4, -0.2) is 22.1 Å². The number of rotatable bonds is 8. The van der Waals surface area contributed by atoms with Gasteiger partial charge in [0.1, 0.15) is 5.82 Å². The second-order valence-corrected chi connectivity index (χ2v) is 3.86. The first-order valence-electron chi connectivity index (χ1n) is 6.13. The highest BCUT2D eigenvalue weighted by Crippen LogP contribution is 2.05. The van der Waals surface area contributed by atoms with E-state index >= 15 is 0 Å². The van der Waals surface area contributed by atoms with Crippen LogP contribution in [0.3, 0.4) is 0 Å². The van der Waals surface area contributed by atoms with Crippen molar-refractivity contribution in [3.8, 4) is 0 Å². The lowest BCUT2D eigenvalue weighted by Crippen LogP contribution is -2.08. The summed E-state index contributed by atoms with van der Waals surface area (Å²) in [4.78, 5) is 15.2. The van der Waals surface area contributed by atoms with E-state index in [2.05, 4.69) is 9.55 Å². The van der Waals surface area contributed by atoms with E-state index in [1.54, 1.807) is 6.20 Å². The number of unbranched alkanes of at least 4 members (excludes halogenated alkanes) is 2. The molecule has 1 heterocycles. The van der Waals surface area contributed by atoms with Crippen molar-refractivity contribution >= 4 is 5.97 Å². The highest BCUT2D eigenvalue weighted by molar-refractivity contribution is 5.69. The summed E-state index contributed by atoms with van der Waals surface area (Å²) in [7, 11) is 0. The summed E-state index contributed by atoms with van der Waals surface area (Å²) in [5.41, 5.74) is 5.55. The third-order valence-electron chi connectivity index (χ3n) is 2.57. The van der Waals surface area contributed by atoms with Crippen LogP contribution in [-0.2, 0) is 22.6 Å². The first kappa shape index (κ1) is 13.7. The number of nitrogens with two attached hydrogens (primary N) is 1. The molecule has 0 aliphatic heterocycles. The van der Waals surface area contributed by atoms with E-state index in [1.165, 1.54) is 0 Å². The van der Waals surface area contributed by atoms with Crippen molar-refractivity contribution < 1.29 is 9.53 Å². The first-order chi connectivity index (χ1) is 8.27. The third-order valence-corrected chi connectivity index (χ3v) is 2.57. The molecule has 1 aromatic rings. The molecule has 5 nitrogen and oxygen atoms in total. The van der Waals surface area contributed by atoms with Gasteiger partial charge in [-0.15, -0.1) is 0 Å². The SMILES string of the molecule is CCOC(=O)CCCCCn1ccnc1CN. The Hall–Kier alpha value is -1.36. The predicted octanol–water partition coefficient (Wildman–Crippen LogP) is 1.47. The number of nitrogens with zero attached hydrogens (tertiary/aromatic N) is 2. The zero-order valence-corrected chi connectivity index (χ0v) is 10.4. The average Bonchev–Trinajstić information content (AvgIpc) is 2.76. The van der Waals surface area contributed by atoms with E-state index in [9.17, 15) is 4.79 Å². The van der Waals surface area contributed by atoms with Crippen molar-refractivity contribution in [1.29, 1.82) is 0 Å². The van der Waals surface area contributed by atoms with Gasteiger partial charge in [-0.1, -0.05) is 6.42 Å². The van der Waals surface area contributed by atoms with Gasteiger partial charge in [0.2, 0.25) is 0 Å². The highest BCUT2D eigenvalue weighted by atomic mass is 16.5. The van der Waals surface area contributed by atoms with Crippen LogP contribution in [0.5, 0.6) is 0 Å². The van der Waals surface area contributed by atoms with Crippen molar-refractivity contribution in [2.45, 2.75) is 45.7 Å². The Morgan fingerprint density at radius 1 is 1.47 bits per heavy atom. The Labute approximate surface area is 102 Å². The maximum atomic E-state index is 11.1. The highest BCUT2D eigenvalue weighted by Gasteiger charge is 2.02. The largest absolute Gasteiger partial charge is 0.466 e. The fourth-order valence-electron chi connectivity index (χ4n) is 1.70. The molecule has 0 atom stereocenters. The minimum Gasteiger partial charge on any atom is -0.466 e. The molecule has 0 saturated heterocycles. The molecule has 0 unspecified atom stereocenters. The topological polar surface area (TPSA) is 70.1 Å². The number of carbonyl (C=O) groups excluding carboxylic acids is 1. The monoisotopic (exact) mass is 239 g/mol. The van der Waals surface area contributed by atoms with Crippen LogP contribution in [0, 0.1) is 0 Å². The van der Waals surface area contributed by atoms with Crippen molar-refractivity contribution in [2.75, 3.05) is 6.61 Å². The second-order valence-electron chi connectivity index (χ2n) is 3.86. The molecule has 0 spiro atoms. The van der Waals surface area contributed by atoms with E-state index in [1.807, 2.05) is 13.1 Å². The number of esters is 1. The van der Waals surface area contributed by atoms with Crippen LogP contribution in [0.15, 0.2) is 12.4 Å². The number of hydrogen-bond donors (Lipinski definition) is 1. The molecule has 1 rings (SSSR count). The van der Waals surface area contributed by atoms with Crippen LogP contribution >= 0.6 is 0 Å². The van der Waals surface area contributed by atoms with Crippen LogP contribution in [0.25, 0.3) is 0 Å². The maximum absolute atomic E-state index is 11.1. The first-order valence-corrected chi connectivity index (χ1v) is 6.13. The lowest BCUT2D eigenvalue weighted by molar-refractivity contribution is -0.143. The van der Waals surface area contributed by atoms with E-state index in [0.29, 0.717) is 19.6 Å². The molecule has 5 heteroatoms. The lowest BCUT2D eigenvalue weighted by Gasteiger charge is -2.06. The van der Waals surface area contributed by atoms with E-state index < -0.39 is 0 Å². The molecule has 1 aromatic heterocycles. The van der Waals surface area contributed by atoms with Crippen molar-refractivity contribution in [3.05, 3.63) is 18.2 Å². The number of aryl methyl sites for hydroxylation is 1. The van der Waals surface area contributed by atoms with Crippen LogP contribution < -0.4 is 5.73 Å². The van der Waals surface area contributed by atoms with Gasteiger partial charge < -0.3 is 15.0 Å². The lowest BCUT2D eigenvalue weighted by atomic mass is 10.2. The molecule has 0 aliphatic carbocycles. The van der Waals surface area contributed by atoms with E-state index in [4.69, 9.17) is 10.5 Å². The molecule has 0 radical (unpaired) electrons. The molecule has 0 aromatic carbocycles. The fourth-order valence-corrected chi connectivity index (χ4v) is 1.70. The molecule has 0 fully saturated rings. The second kappa shape index (κ2) is 7.84. The number of carbonyl (C=O) groups is 1. The zero-order chi connectivity index (χ0) is 12.5. The Bertz CT molecular complexity index is 336. The van der Waals surface area contributed by atoms with Gasteiger partial charge >= 0.3 is 5.97 Å². The Kier molecular flexibility index (Phi) is 6.32. The van der Waals surface area contributed by atoms with Gasteiger partial charge in [-0.25, -0.2) is 4.98 Å². The maximum Gasteiger partial charge on any atom is 0.305 e. The van der Waals surface area contributed by atoms with Gasteiger partial charge in [0, 0.05) is 25.4 Å². The molecule has 0 saturated carbocycles. The molecule has 0 bridgehead atoms. The molecule has 96 valence electrons. The normalized spacial score (nSPS) is 10.5. The minimum atomic E-state index is -0.0993. The third kappa shape index (κ3) is 4.99. The summed E-state index contributed by atoms with van der Waals surface area (Å²) >= 11 is 0. The van der Waals surface area contributed by atoms with E-state index in [-0.39, 0.29) is 5.97 Å². The Morgan fingerprint density at radius 2 is 2.29 bits per heavy atom. The predicted molar refractivity (Wildman–Crippen MR) is 65.2 cm³/mol. The smallest absolute Gasteiger partial charge is 0.305 e. The zero-order valence-electron chi connectivity index (χ0n) is 10.4. The number of imidazole rings is 1. The number of aromatic nitrogens is 2. The van der Waals surface area contributed by atoms with Crippen LogP contribution in [0.1, 0.15) is 38.4 Å². The quantitative estimate of drug-likeness (QED) is 0.551. The van der Waals surface area contributed by atoms with Gasteiger partial charge in [0.15, 0.2) is 0 Å². The molecular formula is C12H21N3O2. The van der Waals surface area contributed by atoms with Crippen molar-refractivity contribution in [2.24, 2.45) is 5.73 Å². The molecule has 0 aliphatic rings. The van der Waals surface area contributed by atoms with Crippen molar-refractivity contribution in [1.82, 2.24) is 9.55 Å². The van der Waals surface area contributed by atoms with Gasteiger partial charge in [-0.2, -0.15) is 0 Å². The molecule has 17 heavy (non-hydrogen) atoms. The summed E-state index contributed by atoms with van der Waals surface area (Å²) in [5, 5.41) is 0. The molecular weight excluding hydrogens is 218 g/mol. The van der Waals surface area contributed by atoms with Crippen LogP contribution in [0.4, 0.5) is 0 Å². The minimum absolute atomic E-state index is 0.0993. The molecule has 2 N–H and O–H groups in total. The summed E-state index contributed by atoms with van der Waals surface area (Å²) in [6.07, 6.45) is 7.14. The van der Waals surface area contributed by atoms with Crippen molar-refractivity contribution in [3.63, 3.8) is 0 Å². The van der Waals surface area contributed by atoms with Gasteiger partial charge in [0.25, 0.3) is 0 Å². The summed E-state index contributed by atoms with van der Waals surface area (Å²) in [6, 6.07) is 0. The Morgan fingerprint density at radius 3 is 3.00 bits per heavy atom. The fraction of sp³-hybridized carbons (Fsp3) is 0.667. The number of hydrogen-bond acceptors (Lipinski definition) is 4. The van der Waals surface area contributed by atoms with Gasteiger partial charge in [-0.3, -0.25) is 4.79 Å². The van der Waals surface area contributed by atoms with E-state index in [0.717, 1.165) is 31.6 Å². The average molecular weight is 239 g/mol. The standard InChI is InChI=1S/C12H21N3O2/c1-2-17-12(16)6-4-3-5-8-15-9-7-14-11(15)10-13/h7,9H,2-6,8,10,13H2,1H3. The number of ether oxygens (including phenoxy) is 1. The summed E-state index contributed by atoms with van der Waals surface area (Å²) in [5.74, 6) is 0.813. The van der Waals surface area contributed by atoms with Crippen LogP contribution in [0.2, 0.25) is 0 Å².